The van der Waals surface area contributed by atoms with Gasteiger partial charge in [-0.15, -0.1) is 0 Å². The molecule has 1 amide bonds. The van der Waals surface area contributed by atoms with E-state index in [1.54, 1.807) is 25.1 Å². The number of rotatable bonds is 8. The van der Waals surface area contributed by atoms with Gasteiger partial charge >= 0.3 is 5.97 Å². The minimum atomic E-state index is -0.370. The van der Waals surface area contributed by atoms with Crippen LogP contribution in [0.2, 0.25) is 0 Å². The number of hydrogen-bond donors (Lipinski definition) is 2. The predicted molar refractivity (Wildman–Crippen MR) is 105 cm³/mol. The van der Waals surface area contributed by atoms with Crippen molar-refractivity contribution in [3.05, 3.63) is 59.7 Å². The number of ether oxygens (including phenoxy) is 1. The minimum Gasteiger partial charge on any atom is -0.462 e. The third-order valence-corrected chi connectivity index (χ3v) is 3.95. The third-order valence-electron chi connectivity index (χ3n) is 3.95. The molecule has 0 radical (unpaired) electrons. The standard InChI is InChI=1S/C21H26N2O3/c1-4-26-21(25)18-7-5-6-8-19(18)22-14-13-20(24)23-17-11-9-16(10-12-17)15(2)3/h5-12,15,22H,4,13-14H2,1-3H3,(H,23,24). The molecule has 0 aliphatic rings. The van der Waals surface area contributed by atoms with Crippen LogP contribution in [0.15, 0.2) is 48.5 Å². The van der Waals surface area contributed by atoms with Gasteiger partial charge in [-0.1, -0.05) is 38.1 Å². The summed E-state index contributed by atoms with van der Waals surface area (Å²) in [5.41, 5.74) is 3.16. The first-order chi connectivity index (χ1) is 12.5. The number of esters is 1. The molecule has 0 aliphatic carbocycles. The van der Waals surface area contributed by atoms with Gasteiger partial charge in [0.1, 0.15) is 0 Å². The number of carbonyl (C=O) groups excluding carboxylic acids is 2. The summed E-state index contributed by atoms with van der Waals surface area (Å²) in [6, 6.07) is 15.0. The molecule has 0 fully saturated rings. The van der Waals surface area contributed by atoms with E-state index in [0.29, 0.717) is 36.7 Å². The molecule has 0 heterocycles. The van der Waals surface area contributed by atoms with Crippen LogP contribution in [0.25, 0.3) is 0 Å². The molecule has 0 atom stereocenters. The van der Waals surface area contributed by atoms with Gasteiger partial charge in [0.05, 0.1) is 12.2 Å². The molecule has 0 unspecified atom stereocenters. The maximum absolute atomic E-state index is 12.1. The average molecular weight is 354 g/mol. The summed E-state index contributed by atoms with van der Waals surface area (Å²) < 4.78 is 5.04. The highest BCUT2D eigenvalue weighted by atomic mass is 16.5. The molecule has 138 valence electrons. The second kappa shape index (κ2) is 9.61. The van der Waals surface area contributed by atoms with E-state index in [1.807, 2.05) is 30.3 Å². The molecule has 0 saturated carbocycles. The highest BCUT2D eigenvalue weighted by Gasteiger charge is 2.12. The summed E-state index contributed by atoms with van der Waals surface area (Å²) in [6.07, 6.45) is 0.295. The number of hydrogen-bond acceptors (Lipinski definition) is 4. The predicted octanol–water partition coefficient (Wildman–Crippen LogP) is 4.43. The van der Waals surface area contributed by atoms with E-state index in [-0.39, 0.29) is 11.9 Å². The zero-order valence-corrected chi connectivity index (χ0v) is 15.5. The topological polar surface area (TPSA) is 67.4 Å². The molecule has 2 rings (SSSR count). The van der Waals surface area contributed by atoms with Crippen LogP contribution in [0, 0.1) is 0 Å². The molecule has 5 nitrogen and oxygen atoms in total. The zero-order chi connectivity index (χ0) is 18.9. The Balaban J connectivity index is 1.86. The lowest BCUT2D eigenvalue weighted by molar-refractivity contribution is -0.115. The maximum Gasteiger partial charge on any atom is 0.340 e. The number of benzene rings is 2. The van der Waals surface area contributed by atoms with Gasteiger partial charge in [-0.2, -0.15) is 0 Å². The fourth-order valence-corrected chi connectivity index (χ4v) is 2.51. The molecular formula is C21H26N2O3. The summed E-state index contributed by atoms with van der Waals surface area (Å²) in [4.78, 5) is 24.0. The molecule has 0 spiro atoms. The quantitative estimate of drug-likeness (QED) is 0.688. The van der Waals surface area contributed by atoms with E-state index in [2.05, 4.69) is 24.5 Å². The highest BCUT2D eigenvalue weighted by molar-refractivity contribution is 5.96. The fraction of sp³-hybridized carbons (Fsp3) is 0.333. The van der Waals surface area contributed by atoms with E-state index in [1.165, 1.54) is 5.56 Å². The lowest BCUT2D eigenvalue weighted by atomic mass is 10.0. The summed E-state index contributed by atoms with van der Waals surface area (Å²) in [5, 5.41) is 6.01. The van der Waals surface area contributed by atoms with Crippen LogP contribution in [0.5, 0.6) is 0 Å². The van der Waals surface area contributed by atoms with Crippen molar-refractivity contribution in [2.24, 2.45) is 0 Å². The summed E-state index contributed by atoms with van der Waals surface area (Å²) in [6.45, 7) is 6.78. The van der Waals surface area contributed by atoms with Gasteiger partial charge in [0.2, 0.25) is 5.91 Å². The zero-order valence-electron chi connectivity index (χ0n) is 15.5. The summed E-state index contributed by atoms with van der Waals surface area (Å²) in [5.74, 6) is 0.0112. The van der Waals surface area contributed by atoms with E-state index in [4.69, 9.17) is 4.74 Å². The van der Waals surface area contributed by atoms with Crippen molar-refractivity contribution in [1.29, 1.82) is 0 Å². The van der Waals surface area contributed by atoms with Crippen LogP contribution in [0.1, 0.15) is 49.0 Å². The second-order valence-corrected chi connectivity index (χ2v) is 6.27. The lowest BCUT2D eigenvalue weighted by Gasteiger charge is -2.12. The Labute approximate surface area is 154 Å². The van der Waals surface area contributed by atoms with Crippen LogP contribution in [-0.2, 0) is 9.53 Å². The molecule has 2 N–H and O–H groups in total. The summed E-state index contributed by atoms with van der Waals surface area (Å²) >= 11 is 0. The Morgan fingerprint density at radius 3 is 2.38 bits per heavy atom. The molecule has 0 saturated heterocycles. The van der Waals surface area contributed by atoms with Crippen molar-refractivity contribution < 1.29 is 14.3 Å². The van der Waals surface area contributed by atoms with Crippen molar-refractivity contribution >= 4 is 23.3 Å². The smallest absolute Gasteiger partial charge is 0.340 e. The van der Waals surface area contributed by atoms with Crippen LogP contribution in [0.3, 0.4) is 0 Å². The number of carbonyl (C=O) groups is 2. The van der Waals surface area contributed by atoms with Gasteiger partial charge in [-0.05, 0) is 42.7 Å². The maximum atomic E-state index is 12.1. The highest BCUT2D eigenvalue weighted by Crippen LogP contribution is 2.18. The SMILES string of the molecule is CCOC(=O)c1ccccc1NCCC(=O)Nc1ccc(C(C)C)cc1. The van der Waals surface area contributed by atoms with Crippen LogP contribution in [0.4, 0.5) is 11.4 Å². The molecule has 2 aromatic rings. The first kappa shape index (κ1) is 19.5. The van der Waals surface area contributed by atoms with Gasteiger partial charge in [0.25, 0.3) is 0 Å². The van der Waals surface area contributed by atoms with E-state index >= 15 is 0 Å². The van der Waals surface area contributed by atoms with Crippen molar-refractivity contribution in [2.75, 3.05) is 23.8 Å². The lowest BCUT2D eigenvalue weighted by Crippen LogP contribution is -2.17. The molecule has 0 bridgehead atoms. The van der Waals surface area contributed by atoms with Crippen molar-refractivity contribution in [3.63, 3.8) is 0 Å². The monoisotopic (exact) mass is 354 g/mol. The Hall–Kier alpha value is -2.82. The van der Waals surface area contributed by atoms with Crippen molar-refractivity contribution in [2.45, 2.75) is 33.1 Å². The second-order valence-electron chi connectivity index (χ2n) is 6.27. The number of nitrogens with one attached hydrogen (secondary N) is 2. The Kier molecular flexibility index (Phi) is 7.21. The Morgan fingerprint density at radius 2 is 1.73 bits per heavy atom. The van der Waals surface area contributed by atoms with Gasteiger partial charge in [-0.25, -0.2) is 4.79 Å². The number of para-hydroxylation sites is 1. The van der Waals surface area contributed by atoms with Gasteiger partial charge in [0, 0.05) is 24.3 Å². The molecular weight excluding hydrogens is 328 g/mol. The number of amides is 1. The summed E-state index contributed by atoms with van der Waals surface area (Å²) in [7, 11) is 0. The van der Waals surface area contributed by atoms with Gasteiger partial charge in [0.15, 0.2) is 0 Å². The van der Waals surface area contributed by atoms with Crippen molar-refractivity contribution in [1.82, 2.24) is 0 Å². The Bertz CT molecular complexity index is 739. The molecule has 0 aromatic heterocycles. The molecule has 26 heavy (non-hydrogen) atoms. The minimum absolute atomic E-state index is 0.0802. The molecule has 2 aromatic carbocycles. The largest absolute Gasteiger partial charge is 0.462 e. The van der Waals surface area contributed by atoms with E-state index < -0.39 is 0 Å². The van der Waals surface area contributed by atoms with Crippen molar-refractivity contribution in [3.8, 4) is 0 Å². The van der Waals surface area contributed by atoms with Crippen LogP contribution in [-0.4, -0.2) is 25.0 Å². The average Bonchev–Trinajstić information content (AvgIpc) is 2.62. The van der Waals surface area contributed by atoms with Gasteiger partial charge in [-0.3, -0.25) is 4.79 Å². The van der Waals surface area contributed by atoms with E-state index in [9.17, 15) is 9.59 Å². The first-order valence-electron chi connectivity index (χ1n) is 8.91. The fourth-order valence-electron chi connectivity index (χ4n) is 2.51. The van der Waals surface area contributed by atoms with Crippen LogP contribution >= 0.6 is 0 Å². The number of anilines is 2. The van der Waals surface area contributed by atoms with Crippen LogP contribution < -0.4 is 10.6 Å². The Morgan fingerprint density at radius 1 is 1.04 bits per heavy atom. The first-order valence-corrected chi connectivity index (χ1v) is 8.91. The normalized spacial score (nSPS) is 10.5. The van der Waals surface area contributed by atoms with Gasteiger partial charge < -0.3 is 15.4 Å². The third kappa shape index (κ3) is 5.62. The molecule has 5 heteroatoms. The van der Waals surface area contributed by atoms with E-state index in [0.717, 1.165) is 5.69 Å². The molecule has 0 aliphatic heterocycles.